The summed E-state index contributed by atoms with van der Waals surface area (Å²) in [6.45, 7) is 3.57. The third-order valence-corrected chi connectivity index (χ3v) is 9.03. The molecule has 1 N–H and O–H groups in total. The highest BCUT2D eigenvalue weighted by Crippen LogP contribution is 2.28. The Morgan fingerprint density at radius 3 is 2.27 bits per heavy atom. The molecule has 2 heterocycles. The number of piperidine rings is 2. The molecule has 2 aliphatic heterocycles. The molecule has 194 valence electrons. The number of aliphatic hydroxyl groups excluding tert-OH is 1. The zero-order valence-corrected chi connectivity index (χ0v) is 22.2. The van der Waals surface area contributed by atoms with Gasteiger partial charge in [-0.2, -0.15) is 0 Å². The Bertz CT molecular complexity index is 1210. The second-order valence-electron chi connectivity index (χ2n) is 10.4. The number of fused-ring (bicyclic) bond motifs is 1. The minimum atomic E-state index is -0.383. The molecule has 0 unspecified atom stereocenters. The molecule has 0 spiro atoms. The van der Waals surface area contributed by atoms with Gasteiger partial charge in [0, 0.05) is 29.6 Å². The summed E-state index contributed by atoms with van der Waals surface area (Å²) < 4.78 is 0. The quantitative estimate of drug-likeness (QED) is 0.425. The number of carbonyl (C=O) groups excluding carboxylic acids is 2. The Kier molecular flexibility index (Phi) is 8.59. The van der Waals surface area contributed by atoms with Crippen LogP contribution in [0.15, 0.2) is 71.6 Å². The van der Waals surface area contributed by atoms with E-state index in [-0.39, 0.29) is 18.3 Å². The molecule has 5 rings (SSSR count). The predicted molar refractivity (Wildman–Crippen MR) is 150 cm³/mol. The standard InChI is InChI=1S/C31H36N2O3S/c34-21-27(35)22-37-28-10-8-23(9-11-28)20-24-12-16-32(17-13-24)26-14-18-33(19-15-26)31(36)30-7-3-5-25-4-1-2-6-29(25)30/h1-11,24,26,34H,12-22H2. The van der Waals surface area contributed by atoms with E-state index in [2.05, 4.69) is 41.3 Å². The number of ketones is 1. The van der Waals surface area contributed by atoms with Gasteiger partial charge in [-0.25, -0.2) is 0 Å². The molecule has 6 heteroatoms. The molecule has 3 aromatic carbocycles. The van der Waals surface area contributed by atoms with Crippen molar-refractivity contribution >= 4 is 34.2 Å². The van der Waals surface area contributed by atoms with Crippen LogP contribution in [-0.2, 0) is 11.2 Å². The number of Topliss-reactive ketones (excluding diaryl/α,β-unsaturated/α-hetero) is 1. The molecule has 0 radical (unpaired) electrons. The first-order valence-corrected chi connectivity index (χ1v) is 14.4. The van der Waals surface area contributed by atoms with E-state index >= 15 is 0 Å². The molecule has 3 aromatic rings. The second kappa shape index (κ2) is 12.2. The number of nitrogens with zero attached hydrogens (tertiary/aromatic N) is 2. The fourth-order valence-electron chi connectivity index (χ4n) is 5.80. The van der Waals surface area contributed by atoms with Crippen molar-refractivity contribution in [1.29, 1.82) is 0 Å². The van der Waals surface area contributed by atoms with Crippen molar-refractivity contribution in [3.8, 4) is 0 Å². The minimum Gasteiger partial charge on any atom is -0.389 e. The highest BCUT2D eigenvalue weighted by atomic mass is 32.2. The van der Waals surface area contributed by atoms with Gasteiger partial charge in [0.15, 0.2) is 5.78 Å². The van der Waals surface area contributed by atoms with Crippen LogP contribution in [0, 0.1) is 5.92 Å². The molecule has 0 bridgehead atoms. The van der Waals surface area contributed by atoms with Gasteiger partial charge >= 0.3 is 0 Å². The van der Waals surface area contributed by atoms with Gasteiger partial charge in [-0.1, -0.05) is 48.5 Å². The molecule has 5 nitrogen and oxygen atoms in total. The lowest BCUT2D eigenvalue weighted by Crippen LogP contribution is -2.49. The summed E-state index contributed by atoms with van der Waals surface area (Å²) in [4.78, 5) is 30.4. The average Bonchev–Trinajstić information content (AvgIpc) is 2.96. The van der Waals surface area contributed by atoms with Crippen molar-refractivity contribution < 1.29 is 14.7 Å². The molecule has 2 aliphatic rings. The number of amides is 1. The van der Waals surface area contributed by atoms with Gasteiger partial charge in [0.25, 0.3) is 5.91 Å². The number of thioether (sulfide) groups is 1. The number of rotatable bonds is 8. The summed E-state index contributed by atoms with van der Waals surface area (Å²) >= 11 is 1.48. The van der Waals surface area contributed by atoms with Crippen molar-refractivity contribution in [2.24, 2.45) is 5.92 Å². The topological polar surface area (TPSA) is 60.9 Å². The molecule has 37 heavy (non-hydrogen) atoms. The van der Waals surface area contributed by atoms with E-state index in [0.717, 1.165) is 66.7 Å². The maximum absolute atomic E-state index is 13.3. The van der Waals surface area contributed by atoms with Crippen molar-refractivity contribution in [3.63, 3.8) is 0 Å². The summed E-state index contributed by atoms with van der Waals surface area (Å²) in [5.74, 6) is 1.06. The molecule has 0 atom stereocenters. The summed E-state index contributed by atoms with van der Waals surface area (Å²) in [5, 5.41) is 11.0. The molecule has 2 saturated heterocycles. The maximum Gasteiger partial charge on any atom is 0.254 e. The number of benzene rings is 3. The highest BCUT2D eigenvalue weighted by Gasteiger charge is 2.30. The van der Waals surface area contributed by atoms with Crippen LogP contribution in [0.5, 0.6) is 0 Å². The molecular formula is C31H36N2O3S. The van der Waals surface area contributed by atoms with Crippen LogP contribution in [0.3, 0.4) is 0 Å². The smallest absolute Gasteiger partial charge is 0.254 e. The molecule has 0 aromatic heterocycles. The third-order valence-electron chi connectivity index (χ3n) is 7.96. The van der Waals surface area contributed by atoms with Crippen LogP contribution in [0.25, 0.3) is 10.8 Å². The largest absolute Gasteiger partial charge is 0.389 e. The van der Waals surface area contributed by atoms with Crippen LogP contribution in [0.1, 0.15) is 41.6 Å². The van der Waals surface area contributed by atoms with Gasteiger partial charge in [0.05, 0.1) is 5.75 Å². The van der Waals surface area contributed by atoms with Crippen LogP contribution < -0.4 is 0 Å². The van der Waals surface area contributed by atoms with E-state index in [1.807, 2.05) is 35.2 Å². The van der Waals surface area contributed by atoms with Crippen molar-refractivity contribution in [2.45, 2.75) is 43.0 Å². The fourth-order valence-corrected chi connectivity index (χ4v) is 6.55. The number of hydrogen-bond acceptors (Lipinski definition) is 5. The Morgan fingerprint density at radius 2 is 1.54 bits per heavy atom. The summed E-state index contributed by atoms with van der Waals surface area (Å²) in [7, 11) is 0. The second-order valence-corrected chi connectivity index (χ2v) is 11.4. The zero-order valence-electron chi connectivity index (χ0n) is 21.4. The lowest BCUT2D eigenvalue weighted by Gasteiger charge is -2.42. The first-order chi connectivity index (χ1) is 18.1. The maximum atomic E-state index is 13.3. The monoisotopic (exact) mass is 516 g/mol. The SMILES string of the molecule is O=C(CO)CSc1ccc(CC2CCN(C3CCN(C(=O)c4cccc5ccccc45)CC3)CC2)cc1. The molecular weight excluding hydrogens is 480 g/mol. The summed E-state index contributed by atoms with van der Waals surface area (Å²) in [6.07, 6.45) is 5.65. The molecule has 1 amide bonds. The van der Waals surface area contributed by atoms with Gasteiger partial charge in [0.1, 0.15) is 6.61 Å². The lowest BCUT2D eigenvalue weighted by molar-refractivity contribution is -0.119. The van der Waals surface area contributed by atoms with Crippen LogP contribution >= 0.6 is 11.8 Å². The van der Waals surface area contributed by atoms with Gasteiger partial charge in [0.2, 0.25) is 0 Å². The van der Waals surface area contributed by atoms with Crippen molar-refractivity contribution in [3.05, 3.63) is 77.9 Å². The van der Waals surface area contributed by atoms with Crippen molar-refractivity contribution in [1.82, 2.24) is 9.80 Å². The number of hydrogen-bond donors (Lipinski definition) is 1. The molecule has 2 fully saturated rings. The Hall–Kier alpha value is -2.67. The lowest BCUT2D eigenvalue weighted by atomic mass is 9.88. The highest BCUT2D eigenvalue weighted by molar-refractivity contribution is 8.00. The van der Waals surface area contributed by atoms with Gasteiger partial charge in [-0.05, 0) is 85.6 Å². The first kappa shape index (κ1) is 26.0. The number of carbonyl (C=O) groups is 2. The van der Waals surface area contributed by atoms with Crippen LogP contribution in [-0.4, -0.2) is 71.2 Å². The third kappa shape index (κ3) is 6.43. The van der Waals surface area contributed by atoms with E-state index < -0.39 is 0 Å². The molecule has 0 saturated carbocycles. The van der Waals surface area contributed by atoms with Gasteiger partial charge < -0.3 is 14.9 Å². The van der Waals surface area contributed by atoms with Crippen LogP contribution in [0.4, 0.5) is 0 Å². The summed E-state index contributed by atoms with van der Waals surface area (Å²) in [5.41, 5.74) is 2.18. The normalized spacial score (nSPS) is 17.8. The first-order valence-electron chi connectivity index (χ1n) is 13.5. The van der Waals surface area contributed by atoms with Crippen molar-refractivity contribution in [2.75, 3.05) is 38.5 Å². The van der Waals surface area contributed by atoms with E-state index in [0.29, 0.717) is 17.7 Å². The van der Waals surface area contributed by atoms with E-state index in [9.17, 15) is 9.59 Å². The Balaban J connectivity index is 1.07. The minimum absolute atomic E-state index is 0.136. The Labute approximate surface area is 223 Å². The van der Waals surface area contributed by atoms with Gasteiger partial charge in [-0.15, -0.1) is 11.8 Å². The zero-order chi connectivity index (χ0) is 25.6. The fraction of sp³-hybridized carbons (Fsp3) is 0.419. The number of aliphatic hydroxyl groups is 1. The predicted octanol–water partition coefficient (Wildman–Crippen LogP) is 5.05. The number of likely N-dealkylation sites (tertiary alicyclic amines) is 2. The van der Waals surface area contributed by atoms with E-state index in [4.69, 9.17) is 5.11 Å². The van der Waals surface area contributed by atoms with Gasteiger partial charge in [-0.3, -0.25) is 9.59 Å². The summed E-state index contributed by atoms with van der Waals surface area (Å²) in [6, 6.07) is 23.3. The Morgan fingerprint density at radius 1 is 0.838 bits per heavy atom. The average molecular weight is 517 g/mol. The molecule has 0 aliphatic carbocycles. The van der Waals surface area contributed by atoms with Crippen LogP contribution in [0.2, 0.25) is 0 Å². The van der Waals surface area contributed by atoms with E-state index in [1.54, 1.807) is 0 Å². The van der Waals surface area contributed by atoms with E-state index in [1.165, 1.54) is 30.2 Å².